The van der Waals surface area contributed by atoms with E-state index < -0.39 is 0 Å². The lowest BCUT2D eigenvalue weighted by molar-refractivity contribution is -0.123. The molecule has 3 rings (SSSR count). The fourth-order valence-electron chi connectivity index (χ4n) is 3.66. The number of nitrogens with one attached hydrogen (secondary N) is 1. The maximum absolute atomic E-state index is 12.4. The van der Waals surface area contributed by atoms with Gasteiger partial charge in [-0.2, -0.15) is 0 Å². The number of fused-ring (bicyclic) bond motifs is 1. The number of benzene rings is 1. The number of urea groups is 1. The van der Waals surface area contributed by atoms with Gasteiger partial charge in [0.15, 0.2) is 0 Å². The summed E-state index contributed by atoms with van der Waals surface area (Å²) in [5.74, 6) is -0.285. The van der Waals surface area contributed by atoms with Crippen LogP contribution in [0.3, 0.4) is 0 Å². The van der Waals surface area contributed by atoms with Crippen LogP contribution in [0.2, 0.25) is 5.02 Å². The Morgan fingerprint density at radius 3 is 2.96 bits per heavy atom. The van der Waals surface area contributed by atoms with Gasteiger partial charge in [-0.05, 0) is 43.0 Å². The minimum absolute atomic E-state index is 0.0471. The van der Waals surface area contributed by atoms with Gasteiger partial charge in [0, 0.05) is 37.7 Å². The van der Waals surface area contributed by atoms with Gasteiger partial charge >= 0.3 is 6.03 Å². The lowest BCUT2D eigenvalue weighted by Gasteiger charge is -2.32. The topological polar surface area (TPSA) is 78.7 Å². The number of primary amides is 1. The molecule has 1 atom stereocenters. The second-order valence-electron chi connectivity index (χ2n) is 6.82. The van der Waals surface area contributed by atoms with E-state index in [-0.39, 0.29) is 17.9 Å². The van der Waals surface area contributed by atoms with Gasteiger partial charge in [-0.15, -0.1) is 0 Å². The summed E-state index contributed by atoms with van der Waals surface area (Å²) in [6, 6.07) is 5.80. The molecule has 0 saturated carbocycles. The third-order valence-corrected chi connectivity index (χ3v) is 5.46. The van der Waals surface area contributed by atoms with Crippen LogP contribution in [0.1, 0.15) is 24.0 Å². The largest absolute Gasteiger partial charge is 0.369 e. The van der Waals surface area contributed by atoms with Gasteiger partial charge < -0.3 is 20.9 Å². The van der Waals surface area contributed by atoms with Crippen molar-refractivity contribution in [3.8, 4) is 0 Å². The molecule has 2 heterocycles. The second kappa shape index (κ2) is 8.06. The van der Waals surface area contributed by atoms with Crippen LogP contribution in [0.15, 0.2) is 18.2 Å². The quantitative estimate of drug-likeness (QED) is 0.851. The number of amides is 3. The lowest BCUT2D eigenvalue weighted by Crippen LogP contribution is -2.47. The molecule has 1 aromatic rings. The maximum Gasteiger partial charge on any atom is 0.317 e. The molecule has 6 nitrogen and oxygen atoms in total. The van der Waals surface area contributed by atoms with Crippen molar-refractivity contribution in [2.24, 2.45) is 11.7 Å². The van der Waals surface area contributed by atoms with E-state index >= 15 is 0 Å². The normalized spacial score (nSPS) is 20.8. The highest BCUT2D eigenvalue weighted by atomic mass is 35.5. The first-order valence-corrected chi connectivity index (χ1v) is 9.23. The number of halogens is 1. The monoisotopic (exact) mass is 364 g/mol. The SMILES string of the molecule is NC(=O)[C@H]1CCCN(CCNC(=O)N2CCc3c(Cl)cccc3C2)C1. The first kappa shape index (κ1) is 18.0. The Morgan fingerprint density at radius 1 is 1.32 bits per heavy atom. The van der Waals surface area contributed by atoms with Gasteiger partial charge in [-0.3, -0.25) is 4.79 Å². The zero-order chi connectivity index (χ0) is 17.8. The van der Waals surface area contributed by atoms with Crippen LogP contribution < -0.4 is 11.1 Å². The highest BCUT2D eigenvalue weighted by Gasteiger charge is 2.24. The van der Waals surface area contributed by atoms with Crippen LogP contribution in [-0.2, 0) is 17.8 Å². The van der Waals surface area contributed by atoms with E-state index in [4.69, 9.17) is 17.3 Å². The van der Waals surface area contributed by atoms with Crippen molar-refractivity contribution in [1.29, 1.82) is 0 Å². The molecular formula is C18H25ClN4O2. The van der Waals surface area contributed by atoms with Crippen LogP contribution in [0.4, 0.5) is 4.79 Å². The number of hydrogen-bond acceptors (Lipinski definition) is 3. The first-order valence-electron chi connectivity index (χ1n) is 8.85. The van der Waals surface area contributed by atoms with E-state index in [1.807, 2.05) is 23.1 Å². The molecule has 0 unspecified atom stereocenters. The summed E-state index contributed by atoms with van der Waals surface area (Å²) in [6.45, 7) is 4.23. The Balaban J connectivity index is 1.45. The maximum atomic E-state index is 12.4. The molecule has 3 N–H and O–H groups in total. The third kappa shape index (κ3) is 4.44. The van der Waals surface area contributed by atoms with E-state index in [2.05, 4.69) is 10.2 Å². The van der Waals surface area contributed by atoms with Crippen molar-refractivity contribution in [3.63, 3.8) is 0 Å². The molecule has 136 valence electrons. The van der Waals surface area contributed by atoms with E-state index in [0.717, 1.165) is 48.5 Å². The molecule has 2 aliphatic heterocycles. The van der Waals surface area contributed by atoms with E-state index in [9.17, 15) is 9.59 Å². The summed E-state index contributed by atoms with van der Waals surface area (Å²) in [5, 5.41) is 3.77. The summed E-state index contributed by atoms with van der Waals surface area (Å²) in [5.41, 5.74) is 7.67. The Kier molecular flexibility index (Phi) is 5.81. The fourth-order valence-corrected chi connectivity index (χ4v) is 3.95. The van der Waals surface area contributed by atoms with E-state index in [1.165, 1.54) is 0 Å². The molecule has 1 saturated heterocycles. The van der Waals surface area contributed by atoms with Crippen LogP contribution in [0, 0.1) is 5.92 Å². The molecule has 3 amide bonds. The highest BCUT2D eigenvalue weighted by molar-refractivity contribution is 6.31. The van der Waals surface area contributed by atoms with Gasteiger partial charge in [0.1, 0.15) is 0 Å². The molecule has 2 aliphatic rings. The van der Waals surface area contributed by atoms with Gasteiger partial charge in [0.2, 0.25) is 5.91 Å². The third-order valence-electron chi connectivity index (χ3n) is 5.11. The molecule has 0 bridgehead atoms. The van der Waals surface area contributed by atoms with Crippen molar-refractivity contribution in [2.75, 3.05) is 32.7 Å². The molecule has 0 aliphatic carbocycles. The van der Waals surface area contributed by atoms with Gasteiger partial charge in [-0.25, -0.2) is 4.79 Å². The molecule has 25 heavy (non-hydrogen) atoms. The van der Waals surface area contributed by atoms with E-state index in [0.29, 0.717) is 26.2 Å². The van der Waals surface area contributed by atoms with Crippen molar-refractivity contribution in [1.82, 2.24) is 15.1 Å². The first-order chi connectivity index (χ1) is 12.0. The number of hydrogen-bond donors (Lipinski definition) is 2. The standard InChI is InChI=1S/C18H25ClN4O2/c19-16-5-1-3-13-12-23(9-6-15(13)16)18(25)21-7-10-22-8-2-4-14(11-22)17(20)24/h1,3,5,14H,2,4,6-12H2,(H2,20,24)(H,21,25)/t14-/m0/s1. The zero-order valence-electron chi connectivity index (χ0n) is 14.3. The Morgan fingerprint density at radius 2 is 2.16 bits per heavy atom. The number of rotatable bonds is 4. The zero-order valence-corrected chi connectivity index (χ0v) is 15.1. The Labute approximate surface area is 153 Å². The Hall–Kier alpha value is -1.79. The second-order valence-corrected chi connectivity index (χ2v) is 7.23. The van der Waals surface area contributed by atoms with E-state index in [1.54, 1.807) is 0 Å². The van der Waals surface area contributed by atoms with Crippen LogP contribution in [0.25, 0.3) is 0 Å². The summed E-state index contributed by atoms with van der Waals surface area (Å²) >= 11 is 6.22. The molecule has 0 aromatic heterocycles. The van der Waals surface area contributed by atoms with Crippen molar-refractivity contribution >= 4 is 23.5 Å². The van der Waals surface area contributed by atoms with Crippen LogP contribution >= 0.6 is 11.6 Å². The predicted molar refractivity (Wildman–Crippen MR) is 97.3 cm³/mol. The molecule has 0 spiro atoms. The van der Waals surface area contributed by atoms with Gasteiger partial charge in [0.25, 0.3) is 0 Å². The fraction of sp³-hybridized carbons (Fsp3) is 0.556. The number of carbonyl (C=O) groups excluding carboxylic acids is 2. The number of piperidine rings is 1. The average Bonchev–Trinajstić information content (AvgIpc) is 2.62. The van der Waals surface area contributed by atoms with Crippen molar-refractivity contribution in [2.45, 2.75) is 25.8 Å². The van der Waals surface area contributed by atoms with Crippen LogP contribution in [0.5, 0.6) is 0 Å². The lowest BCUT2D eigenvalue weighted by atomic mass is 9.97. The highest BCUT2D eigenvalue weighted by Crippen LogP contribution is 2.25. The van der Waals surface area contributed by atoms with Crippen molar-refractivity contribution < 1.29 is 9.59 Å². The predicted octanol–water partition coefficient (Wildman–Crippen LogP) is 1.60. The number of nitrogens with zero attached hydrogens (tertiary/aromatic N) is 2. The minimum Gasteiger partial charge on any atom is -0.369 e. The summed E-state index contributed by atoms with van der Waals surface area (Å²) in [4.78, 5) is 27.7. The summed E-state index contributed by atoms with van der Waals surface area (Å²) < 4.78 is 0. The van der Waals surface area contributed by atoms with Gasteiger partial charge in [-0.1, -0.05) is 23.7 Å². The summed E-state index contributed by atoms with van der Waals surface area (Å²) in [7, 11) is 0. The molecule has 1 aromatic carbocycles. The number of carbonyl (C=O) groups is 2. The molecule has 7 heteroatoms. The molecule has 1 fully saturated rings. The number of likely N-dealkylation sites (tertiary alicyclic amines) is 1. The number of nitrogens with two attached hydrogens (primary N) is 1. The van der Waals surface area contributed by atoms with Crippen LogP contribution in [-0.4, -0.2) is 54.5 Å². The van der Waals surface area contributed by atoms with Gasteiger partial charge in [0.05, 0.1) is 5.92 Å². The van der Waals surface area contributed by atoms with Crippen molar-refractivity contribution in [3.05, 3.63) is 34.3 Å². The summed E-state index contributed by atoms with van der Waals surface area (Å²) in [6.07, 6.45) is 2.63. The molecule has 0 radical (unpaired) electrons. The smallest absolute Gasteiger partial charge is 0.317 e. The Bertz CT molecular complexity index is 652. The molecular weight excluding hydrogens is 340 g/mol. The minimum atomic E-state index is -0.223. The average molecular weight is 365 g/mol.